The molecule has 0 amide bonds. The van der Waals surface area contributed by atoms with E-state index in [0.29, 0.717) is 0 Å². The number of hydrogen-bond donors (Lipinski definition) is 1. The van der Waals surface area contributed by atoms with Crippen molar-refractivity contribution in [3.63, 3.8) is 0 Å². The number of halogens is 5. The summed E-state index contributed by atoms with van der Waals surface area (Å²) < 4.78 is 68.0. The van der Waals surface area contributed by atoms with Crippen LogP contribution in [-0.4, -0.2) is 29.1 Å². The summed E-state index contributed by atoms with van der Waals surface area (Å²) in [5.74, 6) is -10.1. The third-order valence-corrected chi connectivity index (χ3v) is 5.05. The Labute approximate surface area is 124 Å². The van der Waals surface area contributed by atoms with E-state index in [9.17, 15) is 27.1 Å². The second-order valence-electron chi connectivity index (χ2n) is 6.29. The highest BCUT2D eigenvalue weighted by atomic mass is 19.2. The van der Waals surface area contributed by atoms with Gasteiger partial charge in [-0.15, -0.1) is 0 Å². The van der Waals surface area contributed by atoms with Crippen molar-refractivity contribution in [2.75, 3.05) is 7.05 Å². The third kappa shape index (κ3) is 2.13. The predicted molar refractivity (Wildman–Crippen MR) is 68.6 cm³/mol. The number of piperidine rings is 2. The normalized spacial score (nSPS) is 32.3. The number of aliphatic hydroxyl groups is 1. The lowest BCUT2D eigenvalue weighted by atomic mass is 9.72. The summed E-state index contributed by atoms with van der Waals surface area (Å²) in [6, 6.07) is -0.264. The molecule has 2 saturated heterocycles. The van der Waals surface area contributed by atoms with Gasteiger partial charge in [-0.05, 0) is 32.7 Å². The summed E-state index contributed by atoms with van der Waals surface area (Å²) in [6.07, 6.45) is 2.29. The molecule has 22 heavy (non-hydrogen) atoms. The van der Waals surface area contributed by atoms with Gasteiger partial charge in [-0.3, -0.25) is 0 Å². The molecule has 2 aliphatic heterocycles. The maximum Gasteiger partial charge on any atom is 0.200 e. The maximum atomic E-state index is 14.0. The Balaban J connectivity index is 2.11. The number of fused-ring (bicyclic) bond motifs is 2. The second-order valence-corrected chi connectivity index (χ2v) is 6.29. The van der Waals surface area contributed by atoms with Crippen LogP contribution in [0, 0.1) is 29.1 Å². The summed E-state index contributed by atoms with van der Waals surface area (Å²) in [5, 5.41) is 10.7. The molecule has 2 aliphatic rings. The van der Waals surface area contributed by atoms with Gasteiger partial charge >= 0.3 is 0 Å². The van der Waals surface area contributed by atoms with Crippen LogP contribution in [0.1, 0.15) is 37.7 Å². The van der Waals surface area contributed by atoms with Crippen LogP contribution in [0.3, 0.4) is 0 Å². The van der Waals surface area contributed by atoms with Crippen molar-refractivity contribution in [3.05, 3.63) is 34.6 Å². The average molecular weight is 321 g/mol. The number of hydrogen-bond acceptors (Lipinski definition) is 2. The van der Waals surface area contributed by atoms with Crippen LogP contribution in [0.15, 0.2) is 0 Å². The first-order valence-electron chi connectivity index (χ1n) is 7.22. The van der Waals surface area contributed by atoms with Gasteiger partial charge in [-0.25, -0.2) is 22.0 Å². The van der Waals surface area contributed by atoms with Crippen molar-refractivity contribution in [2.45, 2.75) is 49.8 Å². The van der Waals surface area contributed by atoms with Gasteiger partial charge in [0.2, 0.25) is 5.82 Å². The molecule has 1 N–H and O–H groups in total. The molecule has 2 bridgehead atoms. The van der Waals surface area contributed by atoms with E-state index in [4.69, 9.17) is 0 Å². The zero-order valence-electron chi connectivity index (χ0n) is 12.0. The Bertz CT molecular complexity index is 577. The van der Waals surface area contributed by atoms with Crippen LogP contribution < -0.4 is 0 Å². The second kappa shape index (κ2) is 5.16. The minimum absolute atomic E-state index is 0.0433. The molecule has 2 fully saturated rings. The first-order chi connectivity index (χ1) is 10.3. The van der Waals surface area contributed by atoms with E-state index in [2.05, 4.69) is 0 Å². The summed E-state index contributed by atoms with van der Waals surface area (Å²) in [6.45, 7) is 0. The fourth-order valence-corrected chi connectivity index (χ4v) is 3.87. The molecule has 122 valence electrons. The molecule has 2 heterocycles. The Morgan fingerprint density at radius 2 is 1.27 bits per heavy atom. The molecular formula is C15H16F5NO. The molecule has 0 aromatic heterocycles. The van der Waals surface area contributed by atoms with E-state index in [1.807, 2.05) is 11.9 Å². The fourth-order valence-electron chi connectivity index (χ4n) is 3.87. The minimum Gasteiger partial charge on any atom is -0.385 e. The van der Waals surface area contributed by atoms with Crippen molar-refractivity contribution in [2.24, 2.45) is 0 Å². The molecule has 0 saturated carbocycles. The third-order valence-electron chi connectivity index (χ3n) is 5.05. The van der Waals surface area contributed by atoms with Gasteiger partial charge in [0.25, 0.3) is 0 Å². The van der Waals surface area contributed by atoms with E-state index >= 15 is 0 Å². The molecule has 1 aromatic rings. The van der Waals surface area contributed by atoms with Crippen LogP contribution >= 0.6 is 0 Å². The van der Waals surface area contributed by atoms with Crippen molar-refractivity contribution >= 4 is 0 Å². The monoisotopic (exact) mass is 321 g/mol. The molecule has 7 heteroatoms. The van der Waals surface area contributed by atoms with Gasteiger partial charge in [0, 0.05) is 12.1 Å². The Hall–Kier alpha value is -1.21. The first kappa shape index (κ1) is 15.7. The lowest BCUT2D eigenvalue weighted by Gasteiger charge is -2.50. The zero-order chi connectivity index (χ0) is 16.2. The largest absolute Gasteiger partial charge is 0.385 e. The number of nitrogens with zero attached hydrogens (tertiary/aromatic N) is 1. The van der Waals surface area contributed by atoms with Gasteiger partial charge in [0.05, 0.1) is 11.2 Å². The smallest absolute Gasteiger partial charge is 0.200 e. The van der Waals surface area contributed by atoms with Crippen LogP contribution in [0.25, 0.3) is 0 Å². The lowest BCUT2D eigenvalue weighted by Crippen LogP contribution is -2.55. The topological polar surface area (TPSA) is 23.5 Å². The van der Waals surface area contributed by atoms with E-state index in [0.717, 1.165) is 19.3 Å². The van der Waals surface area contributed by atoms with Gasteiger partial charge in [-0.1, -0.05) is 6.42 Å². The maximum absolute atomic E-state index is 14.0. The highest BCUT2D eigenvalue weighted by Gasteiger charge is 2.48. The van der Waals surface area contributed by atoms with Gasteiger partial charge in [0.15, 0.2) is 23.3 Å². The highest BCUT2D eigenvalue weighted by Crippen LogP contribution is 2.45. The Morgan fingerprint density at radius 1 is 0.864 bits per heavy atom. The highest BCUT2D eigenvalue weighted by molar-refractivity contribution is 5.31. The minimum atomic E-state index is -2.20. The molecule has 3 rings (SSSR count). The molecule has 2 nitrogen and oxygen atoms in total. The molecular weight excluding hydrogens is 305 g/mol. The molecule has 2 atom stereocenters. The van der Waals surface area contributed by atoms with E-state index in [1.54, 1.807) is 0 Å². The number of benzene rings is 1. The number of rotatable bonds is 1. The van der Waals surface area contributed by atoms with E-state index in [-0.39, 0.29) is 24.9 Å². The molecule has 0 spiro atoms. The molecule has 0 aliphatic carbocycles. The van der Waals surface area contributed by atoms with E-state index < -0.39 is 40.3 Å². The molecule has 1 aromatic carbocycles. The Kier molecular flexibility index (Phi) is 3.68. The zero-order valence-corrected chi connectivity index (χ0v) is 12.0. The van der Waals surface area contributed by atoms with Crippen molar-refractivity contribution in [3.8, 4) is 0 Å². The summed E-state index contributed by atoms with van der Waals surface area (Å²) >= 11 is 0. The van der Waals surface area contributed by atoms with Crippen LogP contribution in [0.5, 0.6) is 0 Å². The lowest BCUT2D eigenvalue weighted by molar-refractivity contribution is -0.0916. The van der Waals surface area contributed by atoms with Crippen LogP contribution in [0.2, 0.25) is 0 Å². The fraction of sp³-hybridized carbons (Fsp3) is 0.600. The summed E-state index contributed by atoms with van der Waals surface area (Å²) in [5.41, 5.74) is -3.12. The Morgan fingerprint density at radius 3 is 1.73 bits per heavy atom. The summed E-state index contributed by atoms with van der Waals surface area (Å²) in [4.78, 5) is 2.02. The van der Waals surface area contributed by atoms with Gasteiger partial charge in [-0.2, -0.15) is 0 Å². The van der Waals surface area contributed by atoms with Crippen molar-refractivity contribution in [1.29, 1.82) is 0 Å². The van der Waals surface area contributed by atoms with Crippen LogP contribution in [-0.2, 0) is 5.60 Å². The molecule has 2 unspecified atom stereocenters. The summed E-state index contributed by atoms with van der Waals surface area (Å²) in [7, 11) is 1.85. The van der Waals surface area contributed by atoms with Crippen molar-refractivity contribution < 1.29 is 27.1 Å². The van der Waals surface area contributed by atoms with E-state index in [1.165, 1.54) is 0 Å². The standard InChI is InChI=1S/C15H16F5NO/c1-21-7-3-2-4-8(21)6-15(22,5-7)9-10(16)12(18)14(20)13(19)11(9)17/h7-8,22H,2-6H2,1H3. The van der Waals surface area contributed by atoms with Gasteiger partial charge < -0.3 is 10.0 Å². The SMILES string of the molecule is CN1C2CCCC1CC(O)(c1c(F)c(F)c(F)c(F)c1F)C2. The molecule has 0 radical (unpaired) electrons. The predicted octanol–water partition coefficient (Wildman–Crippen LogP) is 3.22. The quantitative estimate of drug-likeness (QED) is 0.488. The average Bonchev–Trinajstić information content (AvgIpc) is 2.45. The van der Waals surface area contributed by atoms with Crippen LogP contribution in [0.4, 0.5) is 22.0 Å². The van der Waals surface area contributed by atoms with Crippen molar-refractivity contribution in [1.82, 2.24) is 4.90 Å². The first-order valence-corrected chi connectivity index (χ1v) is 7.22. The van der Waals surface area contributed by atoms with Gasteiger partial charge in [0.1, 0.15) is 0 Å².